The van der Waals surface area contributed by atoms with Crippen molar-refractivity contribution in [2.45, 2.75) is 6.54 Å². The van der Waals surface area contributed by atoms with Crippen LogP contribution in [-0.2, 0) is 6.54 Å². The number of halogens is 1. The standard InChI is InChI=1S/C19H14ClN5O3/c1-28-15-8-6-14(7-9-15)25-18-17(22-23-25)19(27)24(11-21-18)10-16(26)12-2-4-13(20)5-3-12/h2-9,11H,10H2,1H3. The Kier molecular flexibility index (Phi) is 4.62. The minimum atomic E-state index is -0.438. The summed E-state index contributed by atoms with van der Waals surface area (Å²) in [6.45, 7) is -0.154. The second-order valence-electron chi connectivity index (χ2n) is 5.98. The van der Waals surface area contributed by atoms with Crippen LogP contribution in [-0.4, -0.2) is 37.4 Å². The van der Waals surface area contributed by atoms with Crippen LogP contribution < -0.4 is 10.3 Å². The molecule has 0 unspecified atom stereocenters. The molecule has 0 bridgehead atoms. The van der Waals surface area contributed by atoms with Crippen molar-refractivity contribution >= 4 is 28.5 Å². The molecular weight excluding hydrogens is 382 g/mol. The van der Waals surface area contributed by atoms with E-state index in [1.54, 1.807) is 55.6 Å². The van der Waals surface area contributed by atoms with Crippen molar-refractivity contribution < 1.29 is 9.53 Å². The number of carbonyl (C=O) groups is 1. The van der Waals surface area contributed by atoms with Crippen LogP contribution in [0.15, 0.2) is 59.7 Å². The lowest BCUT2D eigenvalue weighted by atomic mass is 10.1. The zero-order valence-corrected chi connectivity index (χ0v) is 15.5. The molecule has 0 N–H and O–H groups in total. The molecule has 28 heavy (non-hydrogen) atoms. The van der Waals surface area contributed by atoms with Gasteiger partial charge in [-0.1, -0.05) is 16.8 Å². The van der Waals surface area contributed by atoms with Crippen molar-refractivity contribution in [3.8, 4) is 11.4 Å². The minimum Gasteiger partial charge on any atom is -0.497 e. The van der Waals surface area contributed by atoms with Crippen LogP contribution in [0, 0.1) is 0 Å². The zero-order valence-electron chi connectivity index (χ0n) is 14.7. The van der Waals surface area contributed by atoms with Crippen LogP contribution in [0.5, 0.6) is 5.75 Å². The molecule has 4 aromatic rings. The highest BCUT2D eigenvalue weighted by Crippen LogP contribution is 2.16. The van der Waals surface area contributed by atoms with Crippen molar-refractivity contribution in [2.24, 2.45) is 0 Å². The number of hydrogen-bond donors (Lipinski definition) is 0. The number of carbonyl (C=O) groups excluding carboxylic acids is 1. The fraction of sp³-hybridized carbons (Fsp3) is 0.105. The molecule has 2 aromatic carbocycles. The van der Waals surface area contributed by atoms with Crippen LogP contribution in [0.25, 0.3) is 16.9 Å². The molecule has 2 heterocycles. The first kappa shape index (κ1) is 17.9. The number of hydrogen-bond acceptors (Lipinski definition) is 6. The summed E-state index contributed by atoms with van der Waals surface area (Å²) in [7, 11) is 1.58. The third-order valence-electron chi connectivity index (χ3n) is 4.23. The number of methoxy groups -OCH3 is 1. The molecule has 2 aromatic heterocycles. The molecule has 0 amide bonds. The van der Waals surface area contributed by atoms with Gasteiger partial charge in [0.2, 0.25) is 0 Å². The Morgan fingerprint density at radius 1 is 1.11 bits per heavy atom. The van der Waals surface area contributed by atoms with Gasteiger partial charge < -0.3 is 4.74 Å². The predicted octanol–water partition coefficient (Wildman–Crippen LogP) is 2.52. The number of Topliss-reactive ketones (excluding diaryl/α,β-unsaturated/α-hetero) is 1. The fourth-order valence-electron chi connectivity index (χ4n) is 2.74. The Morgan fingerprint density at radius 3 is 2.50 bits per heavy atom. The second kappa shape index (κ2) is 7.24. The molecule has 140 valence electrons. The fourth-order valence-corrected chi connectivity index (χ4v) is 2.86. The normalized spacial score (nSPS) is 10.9. The van der Waals surface area contributed by atoms with Gasteiger partial charge in [0, 0.05) is 10.6 Å². The first-order valence-corrected chi connectivity index (χ1v) is 8.68. The molecule has 0 aliphatic carbocycles. The number of fused-ring (bicyclic) bond motifs is 1. The van der Waals surface area contributed by atoms with Gasteiger partial charge >= 0.3 is 0 Å². The average Bonchev–Trinajstić information content (AvgIpc) is 3.15. The van der Waals surface area contributed by atoms with E-state index in [9.17, 15) is 9.59 Å². The van der Waals surface area contributed by atoms with E-state index in [1.807, 2.05) is 0 Å². The molecule has 0 aliphatic heterocycles. The number of nitrogens with zero attached hydrogens (tertiary/aromatic N) is 5. The Balaban J connectivity index is 1.67. The lowest BCUT2D eigenvalue weighted by Gasteiger charge is -2.06. The lowest BCUT2D eigenvalue weighted by Crippen LogP contribution is -2.25. The van der Waals surface area contributed by atoms with Crippen molar-refractivity contribution in [3.05, 3.63) is 75.8 Å². The van der Waals surface area contributed by atoms with E-state index in [4.69, 9.17) is 16.3 Å². The highest BCUT2D eigenvalue weighted by Gasteiger charge is 2.15. The highest BCUT2D eigenvalue weighted by atomic mass is 35.5. The Labute approximate surface area is 164 Å². The lowest BCUT2D eigenvalue weighted by molar-refractivity contribution is 0.0970. The molecule has 0 fully saturated rings. The molecule has 0 radical (unpaired) electrons. The van der Waals surface area contributed by atoms with Crippen LogP contribution in [0.1, 0.15) is 10.4 Å². The van der Waals surface area contributed by atoms with E-state index in [0.29, 0.717) is 27.7 Å². The van der Waals surface area contributed by atoms with Crippen molar-refractivity contribution in [1.82, 2.24) is 24.5 Å². The number of ether oxygens (including phenoxy) is 1. The predicted molar refractivity (Wildman–Crippen MR) is 103 cm³/mol. The van der Waals surface area contributed by atoms with Gasteiger partial charge in [-0.25, -0.2) is 4.98 Å². The van der Waals surface area contributed by atoms with E-state index in [0.717, 1.165) is 0 Å². The molecule has 8 nitrogen and oxygen atoms in total. The van der Waals surface area contributed by atoms with Gasteiger partial charge in [0.1, 0.15) is 12.1 Å². The highest BCUT2D eigenvalue weighted by molar-refractivity contribution is 6.30. The zero-order chi connectivity index (χ0) is 19.7. The molecule has 0 saturated carbocycles. The number of aromatic nitrogens is 5. The van der Waals surface area contributed by atoms with Crippen LogP contribution >= 0.6 is 11.6 Å². The molecular formula is C19H14ClN5O3. The van der Waals surface area contributed by atoms with Crippen molar-refractivity contribution in [3.63, 3.8) is 0 Å². The quantitative estimate of drug-likeness (QED) is 0.482. The SMILES string of the molecule is COc1ccc(-n2nnc3c(=O)n(CC(=O)c4ccc(Cl)cc4)cnc32)cc1. The van der Waals surface area contributed by atoms with E-state index in [2.05, 4.69) is 15.3 Å². The Morgan fingerprint density at radius 2 is 1.82 bits per heavy atom. The summed E-state index contributed by atoms with van der Waals surface area (Å²) in [4.78, 5) is 29.4. The third-order valence-corrected chi connectivity index (χ3v) is 4.48. The molecule has 0 saturated heterocycles. The summed E-state index contributed by atoms with van der Waals surface area (Å²) < 4.78 is 7.81. The Bertz CT molecular complexity index is 1210. The molecule has 0 aliphatic rings. The van der Waals surface area contributed by atoms with Crippen LogP contribution in [0.4, 0.5) is 0 Å². The van der Waals surface area contributed by atoms with Gasteiger partial charge in [-0.15, -0.1) is 5.10 Å². The minimum absolute atomic E-state index is 0.0854. The first-order valence-electron chi connectivity index (χ1n) is 8.31. The summed E-state index contributed by atoms with van der Waals surface area (Å²) in [5, 5.41) is 8.50. The number of benzene rings is 2. The average molecular weight is 396 g/mol. The summed E-state index contributed by atoms with van der Waals surface area (Å²) in [6, 6.07) is 13.6. The number of ketones is 1. The van der Waals surface area contributed by atoms with Gasteiger partial charge in [-0.3, -0.25) is 14.2 Å². The van der Waals surface area contributed by atoms with Crippen LogP contribution in [0.3, 0.4) is 0 Å². The summed E-state index contributed by atoms with van der Waals surface area (Å²) in [5.74, 6) is 0.465. The van der Waals surface area contributed by atoms with E-state index in [1.165, 1.54) is 15.6 Å². The van der Waals surface area contributed by atoms with Gasteiger partial charge in [-0.05, 0) is 48.5 Å². The number of rotatable bonds is 5. The van der Waals surface area contributed by atoms with Gasteiger partial charge in [0.25, 0.3) is 5.56 Å². The van der Waals surface area contributed by atoms with Crippen molar-refractivity contribution in [1.29, 1.82) is 0 Å². The maximum atomic E-state index is 12.7. The van der Waals surface area contributed by atoms with Crippen LogP contribution in [0.2, 0.25) is 5.02 Å². The van der Waals surface area contributed by atoms with Gasteiger partial charge in [-0.2, -0.15) is 4.68 Å². The second-order valence-corrected chi connectivity index (χ2v) is 6.42. The molecule has 0 spiro atoms. The van der Waals surface area contributed by atoms with E-state index in [-0.39, 0.29) is 17.8 Å². The van der Waals surface area contributed by atoms with Gasteiger partial charge in [0.05, 0.1) is 19.3 Å². The summed E-state index contributed by atoms with van der Waals surface area (Å²) >= 11 is 5.84. The first-order chi connectivity index (χ1) is 13.6. The van der Waals surface area contributed by atoms with E-state index < -0.39 is 5.56 Å². The molecule has 9 heteroatoms. The monoisotopic (exact) mass is 395 g/mol. The third kappa shape index (κ3) is 3.25. The smallest absolute Gasteiger partial charge is 0.283 e. The summed E-state index contributed by atoms with van der Waals surface area (Å²) in [6.07, 6.45) is 1.32. The topological polar surface area (TPSA) is 91.9 Å². The van der Waals surface area contributed by atoms with E-state index >= 15 is 0 Å². The largest absolute Gasteiger partial charge is 0.497 e. The molecule has 4 rings (SSSR count). The van der Waals surface area contributed by atoms with Crippen molar-refractivity contribution in [2.75, 3.05) is 7.11 Å². The van der Waals surface area contributed by atoms with Gasteiger partial charge in [0.15, 0.2) is 16.9 Å². The molecule has 0 atom stereocenters. The maximum Gasteiger partial charge on any atom is 0.283 e. The summed E-state index contributed by atoms with van der Waals surface area (Å²) in [5.41, 5.74) is 1.10. The Hall–Kier alpha value is -3.52. The maximum absolute atomic E-state index is 12.7.